The van der Waals surface area contributed by atoms with Gasteiger partial charge in [-0.3, -0.25) is 9.69 Å². The standard InChI is InChI=1S/C14H27N3O2/c1-2-16-14(18)13-11-19-9-8-17(13)7-5-12-4-3-6-15-10-12/h12-13,15H,2-11H2,1H3,(H,16,18). The Morgan fingerprint density at radius 2 is 2.42 bits per heavy atom. The van der Waals surface area contributed by atoms with Crippen LogP contribution in [0.1, 0.15) is 26.2 Å². The summed E-state index contributed by atoms with van der Waals surface area (Å²) in [6.07, 6.45) is 3.79. The highest BCUT2D eigenvalue weighted by Crippen LogP contribution is 2.16. The van der Waals surface area contributed by atoms with E-state index in [1.807, 2.05) is 6.92 Å². The molecule has 1 amide bonds. The molecule has 0 bridgehead atoms. The van der Waals surface area contributed by atoms with Crippen LogP contribution in [-0.2, 0) is 9.53 Å². The molecule has 110 valence electrons. The first-order valence-electron chi connectivity index (χ1n) is 7.61. The molecule has 2 unspecified atom stereocenters. The van der Waals surface area contributed by atoms with Gasteiger partial charge in [0.05, 0.1) is 13.2 Å². The molecule has 2 aliphatic rings. The highest BCUT2D eigenvalue weighted by molar-refractivity contribution is 5.81. The number of carbonyl (C=O) groups is 1. The summed E-state index contributed by atoms with van der Waals surface area (Å²) in [6.45, 7) is 8.12. The van der Waals surface area contributed by atoms with Gasteiger partial charge in [-0.1, -0.05) is 0 Å². The number of amides is 1. The Labute approximate surface area is 116 Å². The number of carbonyl (C=O) groups excluding carboxylic acids is 1. The number of likely N-dealkylation sites (N-methyl/N-ethyl adjacent to an activating group) is 1. The molecule has 0 aromatic rings. The second-order valence-corrected chi connectivity index (χ2v) is 5.52. The minimum absolute atomic E-state index is 0.0924. The topological polar surface area (TPSA) is 53.6 Å². The third-order valence-corrected chi connectivity index (χ3v) is 4.12. The second kappa shape index (κ2) is 7.82. The lowest BCUT2D eigenvalue weighted by atomic mass is 9.95. The van der Waals surface area contributed by atoms with E-state index >= 15 is 0 Å². The molecule has 2 heterocycles. The van der Waals surface area contributed by atoms with Gasteiger partial charge in [-0.05, 0) is 51.7 Å². The van der Waals surface area contributed by atoms with Gasteiger partial charge in [0.15, 0.2) is 0 Å². The molecule has 0 spiro atoms. The fourth-order valence-electron chi connectivity index (χ4n) is 2.96. The fourth-order valence-corrected chi connectivity index (χ4v) is 2.96. The second-order valence-electron chi connectivity index (χ2n) is 5.52. The van der Waals surface area contributed by atoms with Gasteiger partial charge in [0, 0.05) is 13.1 Å². The highest BCUT2D eigenvalue weighted by Gasteiger charge is 2.29. The first-order chi connectivity index (χ1) is 9.31. The van der Waals surface area contributed by atoms with Gasteiger partial charge in [-0.25, -0.2) is 0 Å². The van der Waals surface area contributed by atoms with E-state index in [2.05, 4.69) is 15.5 Å². The monoisotopic (exact) mass is 269 g/mol. The van der Waals surface area contributed by atoms with Crippen LogP contribution < -0.4 is 10.6 Å². The van der Waals surface area contributed by atoms with Gasteiger partial charge in [0.25, 0.3) is 0 Å². The Bertz CT molecular complexity index is 280. The van der Waals surface area contributed by atoms with E-state index in [0.717, 1.165) is 38.7 Å². The highest BCUT2D eigenvalue weighted by atomic mass is 16.5. The number of hydrogen-bond acceptors (Lipinski definition) is 4. The Morgan fingerprint density at radius 1 is 1.53 bits per heavy atom. The van der Waals surface area contributed by atoms with Gasteiger partial charge < -0.3 is 15.4 Å². The van der Waals surface area contributed by atoms with Crippen LogP contribution in [0.3, 0.4) is 0 Å². The molecule has 0 saturated carbocycles. The Morgan fingerprint density at radius 3 is 3.16 bits per heavy atom. The van der Waals surface area contributed by atoms with Crippen LogP contribution in [0.4, 0.5) is 0 Å². The predicted molar refractivity (Wildman–Crippen MR) is 75.1 cm³/mol. The molecular weight excluding hydrogens is 242 g/mol. The molecule has 2 saturated heterocycles. The number of nitrogens with zero attached hydrogens (tertiary/aromatic N) is 1. The van der Waals surface area contributed by atoms with Crippen LogP contribution in [0, 0.1) is 5.92 Å². The maximum Gasteiger partial charge on any atom is 0.239 e. The van der Waals surface area contributed by atoms with Gasteiger partial charge in [0.1, 0.15) is 6.04 Å². The maximum atomic E-state index is 12.0. The van der Waals surface area contributed by atoms with E-state index in [1.54, 1.807) is 0 Å². The molecule has 19 heavy (non-hydrogen) atoms. The zero-order valence-corrected chi connectivity index (χ0v) is 12.0. The SMILES string of the molecule is CCNC(=O)C1COCCN1CCC1CCCNC1. The summed E-state index contributed by atoms with van der Waals surface area (Å²) < 4.78 is 5.46. The number of ether oxygens (including phenoxy) is 1. The van der Waals surface area contributed by atoms with Crippen LogP contribution in [0.2, 0.25) is 0 Å². The molecule has 0 aliphatic carbocycles. The smallest absolute Gasteiger partial charge is 0.239 e. The lowest BCUT2D eigenvalue weighted by Gasteiger charge is -2.35. The van der Waals surface area contributed by atoms with E-state index in [-0.39, 0.29) is 11.9 Å². The molecule has 2 N–H and O–H groups in total. The molecule has 2 rings (SSSR count). The van der Waals surface area contributed by atoms with Crippen molar-refractivity contribution >= 4 is 5.91 Å². The van der Waals surface area contributed by atoms with Crippen LogP contribution in [0.25, 0.3) is 0 Å². The third kappa shape index (κ3) is 4.44. The van der Waals surface area contributed by atoms with Crippen LogP contribution in [-0.4, -0.2) is 62.8 Å². The van der Waals surface area contributed by atoms with Crippen molar-refractivity contribution in [1.82, 2.24) is 15.5 Å². The average molecular weight is 269 g/mol. The molecule has 0 aromatic carbocycles. The van der Waals surface area contributed by atoms with Crippen LogP contribution in [0.5, 0.6) is 0 Å². The molecule has 5 heteroatoms. The number of piperidine rings is 1. The number of morpholine rings is 1. The van der Waals surface area contributed by atoms with Gasteiger partial charge in [0.2, 0.25) is 5.91 Å². The minimum Gasteiger partial charge on any atom is -0.378 e. The number of rotatable bonds is 5. The molecule has 5 nitrogen and oxygen atoms in total. The third-order valence-electron chi connectivity index (χ3n) is 4.12. The van der Waals surface area contributed by atoms with E-state index in [0.29, 0.717) is 13.2 Å². The molecule has 0 aromatic heterocycles. The Kier molecular flexibility index (Phi) is 6.07. The van der Waals surface area contributed by atoms with Crippen molar-refractivity contribution in [2.45, 2.75) is 32.2 Å². The maximum absolute atomic E-state index is 12.0. The summed E-state index contributed by atoms with van der Waals surface area (Å²) in [4.78, 5) is 14.3. The van der Waals surface area contributed by atoms with Crippen molar-refractivity contribution in [3.05, 3.63) is 0 Å². The van der Waals surface area contributed by atoms with Crippen molar-refractivity contribution in [2.24, 2.45) is 5.92 Å². The summed E-state index contributed by atoms with van der Waals surface area (Å²) in [5.74, 6) is 0.885. The fraction of sp³-hybridized carbons (Fsp3) is 0.929. The lowest BCUT2D eigenvalue weighted by Crippen LogP contribution is -2.54. The zero-order valence-electron chi connectivity index (χ0n) is 12.0. The first-order valence-corrected chi connectivity index (χ1v) is 7.61. The van der Waals surface area contributed by atoms with E-state index in [9.17, 15) is 4.79 Å². The molecule has 2 fully saturated rings. The zero-order chi connectivity index (χ0) is 13.5. The summed E-state index contributed by atoms with van der Waals surface area (Å²) in [7, 11) is 0. The van der Waals surface area contributed by atoms with Crippen molar-refractivity contribution in [1.29, 1.82) is 0 Å². The van der Waals surface area contributed by atoms with E-state index < -0.39 is 0 Å². The summed E-state index contributed by atoms with van der Waals surface area (Å²) in [6, 6.07) is -0.0924. The van der Waals surface area contributed by atoms with Crippen molar-refractivity contribution in [3.63, 3.8) is 0 Å². The summed E-state index contributed by atoms with van der Waals surface area (Å²) >= 11 is 0. The molecule has 2 aliphatic heterocycles. The van der Waals surface area contributed by atoms with Crippen LogP contribution >= 0.6 is 0 Å². The summed E-state index contributed by atoms with van der Waals surface area (Å²) in [5, 5.41) is 6.36. The Balaban J connectivity index is 1.79. The first kappa shape index (κ1) is 14.8. The van der Waals surface area contributed by atoms with Gasteiger partial charge in [-0.15, -0.1) is 0 Å². The number of hydrogen-bond donors (Lipinski definition) is 2. The van der Waals surface area contributed by atoms with E-state index in [1.165, 1.54) is 19.3 Å². The van der Waals surface area contributed by atoms with Crippen molar-refractivity contribution < 1.29 is 9.53 Å². The molecule has 0 radical (unpaired) electrons. The lowest BCUT2D eigenvalue weighted by molar-refractivity contribution is -0.132. The quantitative estimate of drug-likeness (QED) is 0.749. The minimum atomic E-state index is -0.0924. The van der Waals surface area contributed by atoms with Crippen molar-refractivity contribution in [3.8, 4) is 0 Å². The Hall–Kier alpha value is -0.650. The number of nitrogens with one attached hydrogen (secondary N) is 2. The largest absolute Gasteiger partial charge is 0.378 e. The van der Waals surface area contributed by atoms with Crippen molar-refractivity contribution in [2.75, 3.05) is 45.9 Å². The van der Waals surface area contributed by atoms with Gasteiger partial charge >= 0.3 is 0 Å². The predicted octanol–water partition coefficient (Wildman–Crippen LogP) is 0.213. The average Bonchev–Trinajstić information content (AvgIpc) is 2.47. The van der Waals surface area contributed by atoms with E-state index in [4.69, 9.17) is 4.74 Å². The normalized spacial score (nSPS) is 29.1. The molecular formula is C14H27N3O2. The summed E-state index contributed by atoms with van der Waals surface area (Å²) in [5.41, 5.74) is 0. The van der Waals surface area contributed by atoms with Crippen LogP contribution in [0.15, 0.2) is 0 Å². The van der Waals surface area contributed by atoms with Gasteiger partial charge in [-0.2, -0.15) is 0 Å². The molecule has 2 atom stereocenters.